The van der Waals surface area contributed by atoms with Gasteiger partial charge in [0.1, 0.15) is 0 Å². The van der Waals surface area contributed by atoms with Crippen LogP contribution in [0.15, 0.2) is 0 Å². The monoisotopic (exact) mass is 197 g/mol. The van der Waals surface area contributed by atoms with Gasteiger partial charge in [-0.2, -0.15) is 13.2 Å². The fourth-order valence-electron chi connectivity index (χ4n) is 0.186. The Morgan fingerprint density at radius 2 is 1.70 bits per heavy atom. The summed E-state index contributed by atoms with van der Waals surface area (Å²) in [4.78, 5) is 0. The molecule has 62 valence electrons. The molecule has 10 heavy (non-hydrogen) atoms. The Kier molecular flexibility index (Phi) is 2.55. The Bertz CT molecular complexity index is 209. The van der Waals surface area contributed by atoms with Gasteiger partial charge in [0.05, 0.1) is 0 Å². The molecule has 0 saturated carbocycles. The van der Waals surface area contributed by atoms with E-state index in [9.17, 15) is 21.6 Å². The summed E-state index contributed by atoms with van der Waals surface area (Å²) >= 11 is 4.40. The number of rotatable bonds is 1. The van der Waals surface area contributed by atoms with Crippen molar-refractivity contribution in [1.82, 2.24) is 0 Å². The van der Waals surface area contributed by atoms with Crippen LogP contribution >= 0.6 is 11.6 Å². The van der Waals surface area contributed by atoms with E-state index in [4.69, 9.17) is 0 Å². The van der Waals surface area contributed by atoms with E-state index in [2.05, 4.69) is 16.7 Å². The zero-order valence-corrected chi connectivity index (χ0v) is 5.96. The molecule has 3 nitrogen and oxygen atoms in total. The molecular weight excluding hydrogens is 195 g/mol. The lowest BCUT2D eigenvalue weighted by Gasteiger charge is -2.09. The average molecular weight is 198 g/mol. The van der Waals surface area contributed by atoms with Crippen molar-refractivity contribution in [3.63, 3.8) is 0 Å². The number of hydrogen-bond acceptors (Lipinski definition) is 2. The maximum Gasteiger partial charge on any atom is 0.420 e. The van der Waals surface area contributed by atoms with E-state index in [-0.39, 0.29) is 0 Å². The van der Waals surface area contributed by atoms with Crippen LogP contribution in [-0.2, 0) is 10.0 Å². The van der Waals surface area contributed by atoms with E-state index in [1.54, 1.807) is 0 Å². The van der Waals surface area contributed by atoms with Crippen LogP contribution in [0.25, 0.3) is 0 Å². The van der Waals surface area contributed by atoms with Gasteiger partial charge in [0.2, 0.25) is 14.7 Å². The van der Waals surface area contributed by atoms with Crippen LogP contribution < -0.4 is 5.14 Å². The van der Waals surface area contributed by atoms with Crippen molar-refractivity contribution in [2.24, 2.45) is 5.14 Å². The lowest BCUT2D eigenvalue weighted by atomic mass is 10.8. The maximum absolute atomic E-state index is 11.4. The van der Waals surface area contributed by atoms with Gasteiger partial charge in [-0.15, -0.1) is 0 Å². The molecule has 1 atom stereocenters. The summed E-state index contributed by atoms with van der Waals surface area (Å²) in [6.45, 7) is 0. The van der Waals surface area contributed by atoms with Crippen LogP contribution in [-0.4, -0.2) is 19.3 Å². The second kappa shape index (κ2) is 2.55. The molecule has 0 saturated heterocycles. The first-order valence-electron chi connectivity index (χ1n) is 1.88. The summed E-state index contributed by atoms with van der Waals surface area (Å²) < 4.78 is 50.9. The molecular formula is C2H3ClF3NO2S. The molecule has 0 aromatic carbocycles. The van der Waals surface area contributed by atoms with Gasteiger partial charge in [-0.25, -0.2) is 13.6 Å². The predicted octanol–water partition coefficient (Wildman–Crippen LogP) is 0.402. The van der Waals surface area contributed by atoms with E-state index in [0.717, 1.165) is 0 Å². The second-order valence-electron chi connectivity index (χ2n) is 1.45. The van der Waals surface area contributed by atoms with Gasteiger partial charge in [0.15, 0.2) is 0 Å². The van der Waals surface area contributed by atoms with Gasteiger partial charge in [-0.1, -0.05) is 11.6 Å². The highest BCUT2D eigenvalue weighted by Crippen LogP contribution is 2.27. The molecule has 0 fully saturated rings. The van der Waals surface area contributed by atoms with Gasteiger partial charge in [0, 0.05) is 0 Å². The summed E-state index contributed by atoms with van der Waals surface area (Å²) in [5, 5.41) is 4.09. The molecule has 0 amide bonds. The Hall–Kier alpha value is -0.0100. The summed E-state index contributed by atoms with van der Waals surface area (Å²) in [7, 11) is -4.72. The van der Waals surface area contributed by atoms with Crippen LogP contribution in [0.4, 0.5) is 13.2 Å². The van der Waals surface area contributed by atoms with E-state index in [0.29, 0.717) is 0 Å². The number of alkyl halides is 4. The standard InChI is InChI=1S/C2H3ClF3NO2S/c3-1(2(4,5)6)10(7,8)9/h1H,(H2,7,8,9). The maximum atomic E-state index is 11.4. The first-order valence-corrected chi connectivity index (χ1v) is 3.92. The molecule has 0 aliphatic carbocycles. The van der Waals surface area contributed by atoms with Gasteiger partial charge >= 0.3 is 6.18 Å². The van der Waals surface area contributed by atoms with Crippen molar-refractivity contribution >= 4 is 21.6 Å². The molecule has 8 heteroatoms. The third-order valence-electron chi connectivity index (χ3n) is 0.546. The lowest BCUT2D eigenvalue weighted by molar-refractivity contribution is -0.115. The highest BCUT2D eigenvalue weighted by atomic mass is 35.5. The van der Waals surface area contributed by atoms with Crippen molar-refractivity contribution < 1.29 is 21.6 Å². The predicted molar refractivity (Wildman–Crippen MR) is 28.8 cm³/mol. The van der Waals surface area contributed by atoms with Crippen LogP contribution in [0.2, 0.25) is 0 Å². The number of primary sulfonamides is 1. The van der Waals surface area contributed by atoms with Crippen molar-refractivity contribution in [1.29, 1.82) is 0 Å². The SMILES string of the molecule is NS(=O)(=O)C(Cl)C(F)(F)F. The van der Waals surface area contributed by atoms with Crippen molar-refractivity contribution in [3.8, 4) is 0 Å². The zero-order valence-electron chi connectivity index (χ0n) is 4.39. The molecule has 0 heterocycles. The van der Waals surface area contributed by atoms with Gasteiger partial charge < -0.3 is 0 Å². The number of hydrogen-bond donors (Lipinski definition) is 1. The topological polar surface area (TPSA) is 60.2 Å². The molecule has 0 aliphatic rings. The van der Waals surface area contributed by atoms with Crippen molar-refractivity contribution in [2.75, 3.05) is 0 Å². The third kappa shape index (κ3) is 2.72. The van der Waals surface area contributed by atoms with E-state index >= 15 is 0 Å². The largest absolute Gasteiger partial charge is 0.420 e. The molecule has 0 spiro atoms. The van der Waals surface area contributed by atoms with Crippen LogP contribution in [0.1, 0.15) is 0 Å². The second-order valence-corrected chi connectivity index (χ2v) is 3.79. The molecule has 2 N–H and O–H groups in total. The van der Waals surface area contributed by atoms with Gasteiger partial charge in [-0.05, 0) is 0 Å². The Morgan fingerprint density at radius 1 is 1.40 bits per heavy atom. The fourth-order valence-corrected chi connectivity index (χ4v) is 0.559. The zero-order chi connectivity index (χ0) is 8.58. The lowest BCUT2D eigenvalue weighted by Crippen LogP contribution is -2.36. The number of halogens is 4. The third-order valence-corrected chi connectivity index (χ3v) is 2.38. The van der Waals surface area contributed by atoms with Gasteiger partial charge in [-0.3, -0.25) is 0 Å². The van der Waals surface area contributed by atoms with Crippen LogP contribution in [0.3, 0.4) is 0 Å². The first-order chi connectivity index (χ1) is 4.15. The minimum absolute atomic E-state index is 3.01. The first kappa shape index (κ1) is 9.99. The molecule has 0 bridgehead atoms. The van der Waals surface area contributed by atoms with Crippen molar-refractivity contribution in [2.45, 2.75) is 10.9 Å². The number of nitrogens with two attached hydrogens (primary N) is 1. The summed E-state index contributed by atoms with van der Waals surface area (Å²) in [6.07, 6.45) is -5.00. The van der Waals surface area contributed by atoms with E-state index < -0.39 is 20.9 Å². The Balaban J connectivity index is 4.56. The van der Waals surface area contributed by atoms with Crippen LogP contribution in [0.5, 0.6) is 0 Å². The average Bonchev–Trinajstić information content (AvgIpc) is 1.59. The normalized spacial score (nSPS) is 16.9. The minimum atomic E-state index is -5.00. The summed E-state index contributed by atoms with van der Waals surface area (Å²) in [6, 6.07) is 0. The molecule has 0 radical (unpaired) electrons. The van der Waals surface area contributed by atoms with Crippen molar-refractivity contribution in [3.05, 3.63) is 0 Å². The number of sulfonamides is 1. The van der Waals surface area contributed by atoms with E-state index in [1.807, 2.05) is 0 Å². The highest BCUT2D eigenvalue weighted by Gasteiger charge is 2.45. The highest BCUT2D eigenvalue weighted by molar-refractivity contribution is 7.91. The quantitative estimate of drug-likeness (QED) is 0.619. The molecule has 1 unspecified atom stereocenters. The Morgan fingerprint density at radius 3 is 1.70 bits per heavy atom. The van der Waals surface area contributed by atoms with E-state index in [1.165, 1.54) is 0 Å². The van der Waals surface area contributed by atoms with Crippen LogP contribution in [0, 0.1) is 0 Å². The summed E-state index contributed by atoms with van der Waals surface area (Å²) in [5.41, 5.74) is 0. The summed E-state index contributed by atoms with van der Waals surface area (Å²) in [5.74, 6) is 0. The molecule has 0 aromatic rings. The molecule has 0 aliphatic heterocycles. The molecule has 0 rings (SSSR count). The van der Waals surface area contributed by atoms with Gasteiger partial charge in [0.25, 0.3) is 0 Å². The molecule has 0 aromatic heterocycles. The minimum Gasteiger partial charge on any atom is -0.227 e. The fraction of sp³-hybridized carbons (Fsp3) is 1.00. The Labute approximate surface area is 60.0 Å². The smallest absolute Gasteiger partial charge is 0.227 e.